The first kappa shape index (κ1) is 14.1. The molecule has 0 unspecified atom stereocenters. The quantitative estimate of drug-likeness (QED) is 0.881. The predicted octanol–water partition coefficient (Wildman–Crippen LogP) is 2.47. The minimum Gasteiger partial charge on any atom is -0.451 e. The van der Waals surface area contributed by atoms with Gasteiger partial charge in [0.2, 0.25) is 0 Å². The number of aromatic nitrogens is 1. The summed E-state index contributed by atoms with van der Waals surface area (Å²) < 4.78 is 6.55. The Labute approximate surface area is 121 Å². The second-order valence-corrected chi connectivity index (χ2v) is 4.57. The molecule has 104 valence electrons. The van der Waals surface area contributed by atoms with Crippen LogP contribution in [-0.4, -0.2) is 23.1 Å². The van der Waals surface area contributed by atoms with Crippen molar-refractivity contribution in [2.45, 2.75) is 0 Å². The van der Waals surface area contributed by atoms with Gasteiger partial charge in [0.1, 0.15) is 5.69 Å². The van der Waals surface area contributed by atoms with Gasteiger partial charge in [-0.1, -0.05) is 11.6 Å². The highest BCUT2D eigenvalue weighted by Crippen LogP contribution is 2.13. The normalized spacial score (nSPS) is 10.1. The van der Waals surface area contributed by atoms with E-state index in [0.717, 1.165) is 0 Å². The highest BCUT2D eigenvalue weighted by atomic mass is 35.5. The Bertz CT molecular complexity index is 620. The number of esters is 1. The Morgan fingerprint density at radius 2 is 1.95 bits per heavy atom. The molecule has 1 aromatic heterocycles. The fraction of sp³-hybridized carbons (Fsp3) is 0.143. The molecule has 0 bridgehead atoms. The van der Waals surface area contributed by atoms with Crippen LogP contribution in [0.5, 0.6) is 0 Å². The standard InChI is InChI=1S/C14H13ClN2O3/c1-17-8-2-3-12(17)14(19)20-9-13(18)16-11-6-4-10(15)5-7-11/h2-8H,9H2,1H3,(H,16,18). The van der Waals surface area contributed by atoms with E-state index in [1.54, 1.807) is 54.2 Å². The monoisotopic (exact) mass is 292 g/mol. The predicted molar refractivity (Wildman–Crippen MR) is 75.8 cm³/mol. The van der Waals surface area contributed by atoms with E-state index >= 15 is 0 Å². The van der Waals surface area contributed by atoms with Crippen LogP contribution >= 0.6 is 11.6 Å². The molecule has 0 saturated carbocycles. The van der Waals surface area contributed by atoms with Crippen LogP contribution in [0.2, 0.25) is 5.02 Å². The van der Waals surface area contributed by atoms with E-state index in [2.05, 4.69) is 5.32 Å². The van der Waals surface area contributed by atoms with Crippen LogP contribution in [0.15, 0.2) is 42.6 Å². The maximum atomic E-state index is 11.7. The number of hydrogen-bond acceptors (Lipinski definition) is 3. The summed E-state index contributed by atoms with van der Waals surface area (Å²) in [6, 6.07) is 10.0. The number of hydrogen-bond donors (Lipinski definition) is 1. The highest BCUT2D eigenvalue weighted by molar-refractivity contribution is 6.30. The maximum absolute atomic E-state index is 11.7. The lowest BCUT2D eigenvalue weighted by Crippen LogP contribution is -2.21. The summed E-state index contributed by atoms with van der Waals surface area (Å²) in [5.41, 5.74) is 0.985. The minimum atomic E-state index is -0.538. The molecular weight excluding hydrogens is 280 g/mol. The van der Waals surface area contributed by atoms with Crippen LogP contribution in [0.3, 0.4) is 0 Å². The lowest BCUT2D eigenvalue weighted by Gasteiger charge is -2.07. The average molecular weight is 293 g/mol. The van der Waals surface area contributed by atoms with Crippen LogP contribution in [0.25, 0.3) is 0 Å². The molecule has 2 rings (SSSR count). The molecule has 0 radical (unpaired) electrons. The lowest BCUT2D eigenvalue weighted by atomic mass is 10.3. The first-order valence-electron chi connectivity index (χ1n) is 5.90. The minimum absolute atomic E-state index is 0.341. The second kappa shape index (κ2) is 6.25. The third kappa shape index (κ3) is 3.61. The summed E-state index contributed by atoms with van der Waals surface area (Å²) in [4.78, 5) is 23.3. The van der Waals surface area contributed by atoms with Crippen molar-refractivity contribution in [3.8, 4) is 0 Å². The molecule has 0 atom stereocenters. The van der Waals surface area contributed by atoms with E-state index in [1.807, 2.05) is 0 Å². The molecule has 0 aliphatic carbocycles. The Hall–Kier alpha value is -2.27. The summed E-state index contributed by atoms with van der Waals surface area (Å²) in [6.07, 6.45) is 1.73. The number of carbonyl (C=O) groups excluding carboxylic acids is 2. The number of benzene rings is 1. The maximum Gasteiger partial charge on any atom is 0.355 e. The number of carbonyl (C=O) groups is 2. The first-order valence-corrected chi connectivity index (χ1v) is 6.28. The fourth-order valence-corrected chi connectivity index (χ4v) is 1.73. The number of aryl methyl sites for hydroxylation is 1. The summed E-state index contributed by atoms with van der Waals surface area (Å²) in [7, 11) is 1.73. The van der Waals surface area contributed by atoms with Gasteiger partial charge < -0.3 is 14.6 Å². The zero-order chi connectivity index (χ0) is 14.5. The van der Waals surface area contributed by atoms with Crippen molar-refractivity contribution in [1.82, 2.24) is 4.57 Å². The van der Waals surface area contributed by atoms with Gasteiger partial charge in [-0.25, -0.2) is 4.79 Å². The molecule has 0 aliphatic heterocycles. The zero-order valence-electron chi connectivity index (χ0n) is 10.8. The van der Waals surface area contributed by atoms with E-state index in [-0.39, 0.29) is 6.61 Å². The number of anilines is 1. The summed E-state index contributed by atoms with van der Waals surface area (Å²) in [6.45, 7) is -0.341. The summed E-state index contributed by atoms with van der Waals surface area (Å²) in [5.74, 6) is -0.946. The lowest BCUT2D eigenvalue weighted by molar-refractivity contribution is -0.119. The Kier molecular flexibility index (Phi) is 4.42. The first-order chi connectivity index (χ1) is 9.56. The molecular formula is C14H13ClN2O3. The molecule has 1 heterocycles. The van der Waals surface area contributed by atoms with E-state index in [0.29, 0.717) is 16.4 Å². The topological polar surface area (TPSA) is 60.3 Å². The van der Waals surface area contributed by atoms with Crippen molar-refractivity contribution in [3.63, 3.8) is 0 Å². The van der Waals surface area contributed by atoms with Gasteiger partial charge in [0.05, 0.1) is 0 Å². The molecule has 0 aliphatic rings. The molecule has 1 aromatic carbocycles. The molecule has 2 aromatic rings. The molecule has 6 heteroatoms. The average Bonchev–Trinajstić information content (AvgIpc) is 2.85. The van der Waals surface area contributed by atoms with Crippen molar-refractivity contribution < 1.29 is 14.3 Å². The van der Waals surface area contributed by atoms with Crippen molar-refractivity contribution in [2.24, 2.45) is 7.05 Å². The molecule has 0 saturated heterocycles. The number of nitrogens with zero attached hydrogens (tertiary/aromatic N) is 1. The van der Waals surface area contributed by atoms with E-state index in [1.165, 1.54) is 0 Å². The Morgan fingerprint density at radius 3 is 2.55 bits per heavy atom. The van der Waals surface area contributed by atoms with Crippen LogP contribution in [0.1, 0.15) is 10.5 Å². The SMILES string of the molecule is Cn1cccc1C(=O)OCC(=O)Nc1ccc(Cl)cc1. The molecule has 1 amide bonds. The largest absolute Gasteiger partial charge is 0.451 e. The van der Waals surface area contributed by atoms with Gasteiger partial charge in [0, 0.05) is 24.0 Å². The van der Waals surface area contributed by atoms with Gasteiger partial charge in [0.15, 0.2) is 6.61 Å². The third-order valence-corrected chi connectivity index (χ3v) is 2.87. The van der Waals surface area contributed by atoms with Crippen molar-refractivity contribution in [3.05, 3.63) is 53.3 Å². The van der Waals surface area contributed by atoms with Crippen molar-refractivity contribution >= 4 is 29.2 Å². The van der Waals surface area contributed by atoms with Crippen LogP contribution in [-0.2, 0) is 16.6 Å². The van der Waals surface area contributed by atoms with E-state index < -0.39 is 11.9 Å². The molecule has 20 heavy (non-hydrogen) atoms. The number of ether oxygens (including phenoxy) is 1. The molecule has 0 fully saturated rings. The van der Waals surface area contributed by atoms with E-state index in [9.17, 15) is 9.59 Å². The van der Waals surface area contributed by atoms with Crippen LogP contribution < -0.4 is 5.32 Å². The van der Waals surface area contributed by atoms with Gasteiger partial charge in [0.25, 0.3) is 5.91 Å². The number of rotatable bonds is 4. The number of amides is 1. The number of halogens is 1. The summed E-state index contributed by atoms with van der Waals surface area (Å²) >= 11 is 5.74. The Balaban J connectivity index is 1.85. The summed E-state index contributed by atoms with van der Waals surface area (Å²) in [5, 5.41) is 3.18. The van der Waals surface area contributed by atoms with Gasteiger partial charge in [-0.2, -0.15) is 0 Å². The Morgan fingerprint density at radius 1 is 1.25 bits per heavy atom. The van der Waals surface area contributed by atoms with Crippen molar-refractivity contribution in [2.75, 3.05) is 11.9 Å². The van der Waals surface area contributed by atoms with Crippen LogP contribution in [0.4, 0.5) is 5.69 Å². The zero-order valence-corrected chi connectivity index (χ0v) is 11.6. The third-order valence-electron chi connectivity index (χ3n) is 2.62. The van der Waals surface area contributed by atoms with Gasteiger partial charge in [-0.3, -0.25) is 4.79 Å². The molecule has 0 spiro atoms. The smallest absolute Gasteiger partial charge is 0.355 e. The number of nitrogens with one attached hydrogen (secondary N) is 1. The van der Waals surface area contributed by atoms with Crippen molar-refractivity contribution in [1.29, 1.82) is 0 Å². The highest BCUT2D eigenvalue weighted by Gasteiger charge is 2.12. The molecule has 1 N–H and O–H groups in total. The molecule has 5 nitrogen and oxygen atoms in total. The van der Waals surface area contributed by atoms with Crippen LogP contribution in [0, 0.1) is 0 Å². The van der Waals surface area contributed by atoms with Gasteiger partial charge in [-0.05, 0) is 36.4 Å². The second-order valence-electron chi connectivity index (χ2n) is 4.14. The van der Waals surface area contributed by atoms with Gasteiger partial charge in [-0.15, -0.1) is 0 Å². The van der Waals surface area contributed by atoms with Gasteiger partial charge >= 0.3 is 5.97 Å². The fourth-order valence-electron chi connectivity index (χ4n) is 1.61. The van der Waals surface area contributed by atoms with E-state index in [4.69, 9.17) is 16.3 Å².